The first-order chi connectivity index (χ1) is 28.7. The molecule has 0 atom stereocenters. The fourth-order valence-electron chi connectivity index (χ4n) is 8.97. The molecule has 0 spiro atoms. The lowest BCUT2D eigenvalue weighted by Crippen LogP contribution is -2.14. The highest BCUT2D eigenvalue weighted by Gasteiger charge is 2.23. The summed E-state index contributed by atoms with van der Waals surface area (Å²) < 4.78 is 13.0. The Hall–Kier alpha value is -7.82. The van der Waals surface area contributed by atoms with E-state index >= 15 is 0 Å². The minimum Gasteiger partial charge on any atom is -0.456 e. The molecule has 2 heterocycles. The van der Waals surface area contributed by atoms with Gasteiger partial charge in [0.1, 0.15) is 22.3 Å². The summed E-state index contributed by atoms with van der Waals surface area (Å²) in [4.78, 5) is 4.73. The number of furan rings is 2. The highest BCUT2D eigenvalue weighted by atomic mass is 16.3. The quantitative estimate of drug-likeness (QED) is 0.159. The zero-order chi connectivity index (χ0) is 38.2. The van der Waals surface area contributed by atoms with E-state index in [4.69, 9.17) is 8.83 Å². The fourth-order valence-corrected chi connectivity index (χ4v) is 8.97. The molecule has 0 aliphatic rings. The minimum absolute atomic E-state index is 0.848. The number of nitrogens with zero attached hydrogens (tertiary/aromatic N) is 2. The Morgan fingerprint density at radius 1 is 0.259 bits per heavy atom. The molecule has 0 N–H and O–H groups in total. The lowest BCUT2D eigenvalue weighted by atomic mass is 9.94. The molecular weight excluding hydrogens is 709 g/mol. The Bertz CT molecular complexity index is 3530. The Morgan fingerprint density at radius 2 is 0.741 bits per heavy atom. The van der Waals surface area contributed by atoms with E-state index in [1.54, 1.807) is 0 Å². The third-order valence-electron chi connectivity index (χ3n) is 11.6. The second-order valence-corrected chi connectivity index (χ2v) is 14.9. The van der Waals surface area contributed by atoms with Crippen LogP contribution in [-0.4, -0.2) is 0 Å². The summed E-state index contributed by atoms with van der Waals surface area (Å²) in [5.41, 5.74) is 9.64. The maximum Gasteiger partial charge on any atom is 0.137 e. The van der Waals surface area contributed by atoms with Crippen LogP contribution in [0.15, 0.2) is 215 Å². The van der Waals surface area contributed by atoms with Crippen LogP contribution in [0.4, 0.5) is 34.1 Å². The molecule has 0 fully saturated rings. The molecule has 12 rings (SSSR count). The van der Waals surface area contributed by atoms with E-state index in [1.807, 2.05) is 24.3 Å². The van der Waals surface area contributed by atoms with Crippen molar-refractivity contribution in [1.29, 1.82) is 0 Å². The van der Waals surface area contributed by atoms with Gasteiger partial charge in [0.2, 0.25) is 0 Å². The Balaban J connectivity index is 1.17. The molecule has 58 heavy (non-hydrogen) atoms. The van der Waals surface area contributed by atoms with Crippen molar-refractivity contribution < 1.29 is 8.83 Å². The number of rotatable bonds is 6. The molecule has 0 radical (unpaired) electrons. The molecule has 4 nitrogen and oxygen atoms in total. The highest BCUT2D eigenvalue weighted by Crippen LogP contribution is 2.48. The van der Waals surface area contributed by atoms with Crippen LogP contribution in [0.2, 0.25) is 0 Å². The summed E-state index contributed by atoms with van der Waals surface area (Å²) >= 11 is 0. The smallest absolute Gasteiger partial charge is 0.137 e. The van der Waals surface area contributed by atoms with Crippen molar-refractivity contribution in [3.8, 4) is 0 Å². The van der Waals surface area contributed by atoms with Gasteiger partial charge in [0.25, 0.3) is 0 Å². The standard InChI is InChI=1S/C54H34N2O2/c1-3-14-37(15-4-1)55(39-25-29-46-44-19-9-11-21-50(44)57-52(46)33-39)41-31-36-24-27-43-42-18-8-7-13-35(42)23-28-48(43)54(36)49(32-41)56(38-16-5-2-6-17-38)40-26-30-47-45-20-10-12-22-51(45)58-53(47)34-40/h1-34H. The predicted octanol–water partition coefficient (Wildman–Crippen LogP) is 15.9. The molecule has 0 aliphatic carbocycles. The number of para-hydroxylation sites is 4. The number of fused-ring (bicyclic) bond motifs is 11. The van der Waals surface area contributed by atoms with Crippen LogP contribution in [0.3, 0.4) is 0 Å². The number of hydrogen-bond donors (Lipinski definition) is 0. The lowest BCUT2D eigenvalue weighted by molar-refractivity contribution is 0.668. The van der Waals surface area contributed by atoms with Crippen molar-refractivity contribution in [1.82, 2.24) is 0 Å². The molecule has 0 bridgehead atoms. The topological polar surface area (TPSA) is 32.8 Å². The lowest BCUT2D eigenvalue weighted by Gasteiger charge is -2.31. The molecule has 4 heteroatoms. The second-order valence-electron chi connectivity index (χ2n) is 14.9. The van der Waals surface area contributed by atoms with Crippen LogP contribution in [-0.2, 0) is 0 Å². The molecule has 12 aromatic rings. The van der Waals surface area contributed by atoms with Gasteiger partial charge >= 0.3 is 0 Å². The fraction of sp³-hybridized carbons (Fsp3) is 0. The van der Waals surface area contributed by atoms with Crippen molar-refractivity contribution in [2.24, 2.45) is 0 Å². The monoisotopic (exact) mass is 742 g/mol. The van der Waals surface area contributed by atoms with E-state index in [0.29, 0.717) is 0 Å². The maximum absolute atomic E-state index is 6.51. The molecule has 10 aromatic carbocycles. The zero-order valence-corrected chi connectivity index (χ0v) is 31.3. The van der Waals surface area contributed by atoms with Crippen molar-refractivity contribution in [3.63, 3.8) is 0 Å². The van der Waals surface area contributed by atoms with Crippen LogP contribution in [0.1, 0.15) is 0 Å². The van der Waals surface area contributed by atoms with Gasteiger partial charge in [-0.15, -0.1) is 0 Å². The third-order valence-corrected chi connectivity index (χ3v) is 11.6. The molecule has 0 aliphatic heterocycles. The first-order valence-corrected chi connectivity index (χ1v) is 19.7. The Morgan fingerprint density at radius 3 is 1.40 bits per heavy atom. The summed E-state index contributed by atoms with van der Waals surface area (Å²) in [6.07, 6.45) is 0. The second kappa shape index (κ2) is 12.9. The zero-order valence-electron chi connectivity index (χ0n) is 31.3. The molecular formula is C54H34N2O2. The van der Waals surface area contributed by atoms with Crippen molar-refractivity contribution in [3.05, 3.63) is 206 Å². The van der Waals surface area contributed by atoms with Gasteiger partial charge in [0.05, 0.1) is 5.69 Å². The summed E-state index contributed by atoms with van der Waals surface area (Å²) in [7, 11) is 0. The van der Waals surface area contributed by atoms with Gasteiger partial charge in [0.15, 0.2) is 0 Å². The van der Waals surface area contributed by atoms with E-state index in [2.05, 4.69) is 192 Å². The average molecular weight is 743 g/mol. The first kappa shape index (κ1) is 32.4. The van der Waals surface area contributed by atoms with Gasteiger partial charge in [-0.2, -0.15) is 0 Å². The molecule has 0 amide bonds. The molecule has 2 aromatic heterocycles. The third kappa shape index (κ3) is 5.09. The van der Waals surface area contributed by atoms with E-state index in [1.165, 1.54) is 26.9 Å². The van der Waals surface area contributed by atoms with Gasteiger partial charge in [-0.1, -0.05) is 121 Å². The summed E-state index contributed by atoms with van der Waals surface area (Å²) in [5.74, 6) is 0. The minimum atomic E-state index is 0.848. The number of benzene rings is 10. The Kier molecular flexibility index (Phi) is 7.20. The summed E-state index contributed by atoms with van der Waals surface area (Å²) in [6.45, 7) is 0. The van der Waals surface area contributed by atoms with E-state index in [9.17, 15) is 0 Å². The number of anilines is 6. The van der Waals surface area contributed by atoms with E-state index in [0.717, 1.165) is 83.4 Å². The molecule has 0 unspecified atom stereocenters. The van der Waals surface area contributed by atoms with Crippen LogP contribution in [0.25, 0.3) is 76.2 Å². The van der Waals surface area contributed by atoms with Crippen LogP contribution in [0, 0.1) is 0 Å². The maximum atomic E-state index is 6.51. The van der Waals surface area contributed by atoms with Crippen molar-refractivity contribution in [2.75, 3.05) is 9.80 Å². The van der Waals surface area contributed by atoms with Crippen molar-refractivity contribution in [2.45, 2.75) is 0 Å². The van der Waals surface area contributed by atoms with Crippen molar-refractivity contribution >= 4 is 110 Å². The van der Waals surface area contributed by atoms with Gasteiger partial charge in [-0.05, 0) is 99.7 Å². The summed E-state index contributed by atoms with van der Waals surface area (Å²) in [5, 5.41) is 11.6. The Labute approximate surface area is 334 Å². The molecule has 0 saturated heterocycles. The number of hydrogen-bond acceptors (Lipinski definition) is 4. The van der Waals surface area contributed by atoms with Crippen LogP contribution >= 0.6 is 0 Å². The SMILES string of the molecule is c1ccc(N(c2cc(N(c3ccccc3)c3ccc4c(c3)oc3ccccc34)c3c(ccc4c5ccccc5ccc43)c2)c2ccc3c(c2)oc2ccccc23)cc1. The van der Waals surface area contributed by atoms with E-state index < -0.39 is 0 Å². The molecule has 0 saturated carbocycles. The predicted molar refractivity (Wildman–Crippen MR) is 243 cm³/mol. The average Bonchev–Trinajstić information content (AvgIpc) is 3.85. The van der Waals surface area contributed by atoms with Crippen LogP contribution in [0.5, 0.6) is 0 Å². The van der Waals surface area contributed by atoms with E-state index in [-0.39, 0.29) is 0 Å². The van der Waals surface area contributed by atoms with Gasteiger partial charge in [-0.25, -0.2) is 0 Å². The normalized spacial score (nSPS) is 11.8. The summed E-state index contributed by atoms with van der Waals surface area (Å²) in [6, 6.07) is 73.4. The van der Waals surface area contributed by atoms with Crippen LogP contribution < -0.4 is 9.80 Å². The van der Waals surface area contributed by atoms with Gasteiger partial charge in [0, 0.05) is 67.5 Å². The van der Waals surface area contributed by atoms with Gasteiger partial charge < -0.3 is 18.6 Å². The largest absolute Gasteiger partial charge is 0.456 e. The highest BCUT2D eigenvalue weighted by molar-refractivity contribution is 6.22. The molecule has 272 valence electrons. The van der Waals surface area contributed by atoms with Gasteiger partial charge in [-0.3, -0.25) is 0 Å². The first-order valence-electron chi connectivity index (χ1n) is 19.7.